The number of nitrogens with zero attached hydrogens (tertiary/aromatic N) is 2. The molecular weight excluding hydrogens is 340 g/mol. The second kappa shape index (κ2) is 7.69. The molecule has 0 fully saturated rings. The molecule has 0 aliphatic heterocycles. The van der Waals surface area contributed by atoms with E-state index in [-0.39, 0.29) is 5.41 Å². The van der Waals surface area contributed by atoms with Crippen molar-refractivity contribution >= 4 is 11.4 Å². The summed E-state index contributed by atoms with van der Waals surface area (Å²) in [6, 6.07) is 23.2. The fourth-order valence-corrected chi connectivity index (χ4v) is 3.34. The van der Waals surface area contributed by atoms with Crippen LogP contribution < -0.4 is 4.90 Å². The van der Waals surface area contributed by atoms with Crippen molar-refractivity contribution in [2.45, 2.75) is 13.8 Å². The van der Waals surface area contributed by atoms with Gasteiger partial charge in [0, 0.05) is 40.4 Å². The zero-order valence-electron chi connectivity index (χ0n) is 16.3. The van der Waals surface area contributed by atoms with Crippen LogP contribution >= 0.6 is 0 Å². The SMILES string of the molecule is CC1(C)C=CC=C(N(c2ccccc2)c2cccc(-c3cccnc3)c2)C=C1. The summed E-state index contributed by atoms with van der Waals surface area (Å²) in [7, 11) is 0. The van der Waals surface area contributed by atoms with Gasteiger partial charge in [0.2, 0.25) is 0 Å². The predicted octanol–water partition coefficient (Wildman–Crippen LogP) is 6.92. The molecule has 1 aliphatic rings. The first-order valence-corrected chi connectivity index (χ1v) is 9.57. The van der Waals surface area contributed by atoms with Crippen LogP contribution in [-0.2, 0) is 0 Å². The number of pyridine rings is 1. The summed E-state index contributed by atoms with van der Waals surface area (Å²) >= 11 is 0. The number of para-hydroxylation sites is 1. The molecule has 1 aromatic heterocycles. The van der Waals surface area contributed by atoms with Crippen LogP contribution in [0.15, 0.2) is 115 Å². The zero-order chi connectivity index (χ0) is 19.4. The van der Waals surface area contributed by atoms with E-state index in [9.17, 15) is 0 Å². The zero-order valence-corrected chi connectivity index (χ0v) is 16.3. The number of benzene rings is 2. The monoisotopic (exact) mass is 364 g/mol. The molecule has 1 heterocycles. The lowest BCUT2D eigenvalue weighted by atomic mass is 9.93. The number of aromatic nitrogens is 1. The van der Waals surface area contributed by atoms with Crippen LogP contribution in [0.1, 0.15) is 13.8 Å². The minimum atomic E-state index is 0.0398. The van der Waals surface area contributed by atoms with Gasteiger partial charge in [-0.1, -0.05) is 68.5 Å². The normalized spacial score (nSPS) is 15.0. The fraction of sp³-hybridized carbons (Fsp3) is 0.115. The van der Waals surface area contributed by atoms with Crippen molar-refractivity contribution in [3.63, 3.8) is 0 Å². The number of anilines is 2. The Kier molecular flexibility index (Phi) is 4.94. The van der Waals surface area contributed by atoms with E-state index in [2.05, 4.69) is 109 Å². The van der Waals surface area contributed by atoms with Gasteiger partial charge in [0.25, 0.3) is 0 Å². The van der Waals surface area contributed by atoms with Gasteiger partial charge in [0.1, 0.15) is 0 Å². The van der Waals surface area contributed by atoms with Gasteiger partial charge in [-0.15, -0.1) is 0 Å². The third-order valence-electron chi connectivity index (χ3n) is 4.85. The summed E-state index contributed by atoms with van der Waals surface area (Å²) in [5, 5.41) is 0. The molecular formula is C26H24N2. The molecule has 138 valence electrons. The van der Waals surface area contributed by atoms with Crippen molar-refractivity contribution in [2.24, 2.45) is 5.41 Å². The predicted molar refractivity (Wildman–Crippen MR) is 118 cm³/mol. The average Bonchev–Trinajstić information content (AvgIpc) is 2.91. The van der Waals surface area contributed by atoms with Gasteiger partial charge in [-0.25, -0.2) is 0 Å². The molecule has 0 radical (unpaired) electrons. The molecule has 0 atom stereocenters. The topological polar surface area (TPSA) is 16.1 Å². The van der Waals surface area contributed by atoms with Crippen molar-refractivity contribution in [1.29, 1.82) is 0 Å². The van der Waals surface area contributed by atoms with Crippen molar-refractivity contribution in [3.8, 4) is 11.1 Å². The molecule has 0 saturated carbocycles. The largest absolute Gasteiger partial charge is 0.310 e. The van der Waals surface area contributed by atoms with Gasteiger partial charge in [-0.05, 0) is 48.0 Å². The van der Waals surface area contributed by atoms with Gasteiger partial charge in [-0.3, -0.25) is 4.98 Å². The highest BCUT2D eigenvalue weighted by molar-refractivity contribution is 5.75. The van der Waals surface area contributed by atoms with Crippen LogP contribution in [-0.4, -0.2) is 4.98 Å². The standard InChI is InChI=1S/C26H24N2/c1-26(2)16-7-14-24(15-17-26)28(23-11-4-3-5-12-23)25-13-6-9-21(19-25)22-10-8-18-27-20-22/h3-20H,1-2H3. The minimum absolute atomic E-state index is 0.0398. The molecule has 0 bridgehead atoms. The average molecular weight is 364 g/mol. The van der Waals surface area contributed by atoms with Crippen molar-refractivity contribution in [3.05, 3.63) is 115 Å². The van der Waals surface area contributed by atoms with Gasteiger partial charge in [0.15, 0.2) is 0 Å². The maximum Gasteiger partial charge on any atom is 0.0467 e. The third kappa shape index (κ3) is 3.96. The Morgan fingerprint density at radius 2 is 1.57 bits per heavy atom. The fourth-order valence-electron chi connectivity index (χ4n) is 3.34. The minimum Gasteiger partial charge on any atom is -0.310 e. The van der Waals surface area contributed by atoms with Crippen molar-refractivity contribution in [1.82, 2.24) is 4.98 Å². The smallest absolute Gasteiger partial charge is 0.0467 e. The van der Waals surface area contributed by atoms with E-state index in [0.717, 1.165) is 28.2 Å². The highest BCUT2D eigenvalue weighted by Crippen LogP contribution is 2.34. The van der Waals surface area contributed by atoms with E-state index in [0.29, 0.717) is 0 Å². The highest BCUT2D eigenvalue weighted by Gasteiger charge is 2.17. The van der Waals surface area contributed by atoms with Crippen LogP contribution in [0.2, 0.25) is 0 Å². The molecule has 0 unspecified atom stereocenters. The highest BCUT2D eigenvalue weighted by atomic mass is 15.1. The van der Waals surface area contributed by atoms with E-state index in [1.54, 1.807) is 6.20 Å². The first-order valence-electron chi connectivity index (χ1n) is 9.57. The van der Waals surface area contributed by atoms with E-state index in [1.807, 2.05) is 18.3 Å². The van der Waals surface area contributed by atoms with E-state index in [4.69, 9.17) is 0 Å². The van der Waals surface area contributed by atoms with E-state index >= 15 is 0 Å². The second-order valence-corrected chi connectivity index (χ2v) is 7.57. The van der Waals surface area contributed by atoms with Crippen LogP contribution in [0.5, 0.6) is 0 Å². The van der Waals surface area contributed by atoms with Crippen molar-refractivity contribution < 1.29 is 0 Å². The van der Waals surface area contributed by atoms with Gasteiger partial charge in [0.05, 0.1) is 0 Å². The molecule has 2 heteroatoms. The first-order chi connectivity index (χ1) is 13.6. The summed E-state index contributed by atoms with van der Waals surface area (Å²) in [6.07, 6.45) is 14.7. The molecule has 28 heavy (non-hydrogen) atoms. The summed E-state index contributed by atoms with van der Waals surface area (Å²) in [5.74, 6) is 0. The molecule has 2 nitrogen and oxygen atoms in total. The van der Waals surface area contributed by atoms with E-state index in [1.165, 1.54) is 0 Å². The lowest BCUT2D eigenvalue weighted by molar-refractivity contribution is 0.627. The maximum absolute atomic E-state index is 4.27. The third-order valence-corrected chi connectivity index (χ3v) is 4.85. The molecule has 0 N–H and O–H groups in total. The Balaban J connectivity index is 1.82. The molecule has 2 aromatic carbocycles. The Morgan fingerprint density at radius 3 is 2.36 bits per heavy atom. The quantitative estimate of drug-likeness (QED) is 0.499. The van der Waals surface area contributed by atoms with Crippen LogP contribution in [0.25, 0.3) is 11.1 Å². The van der Waals surface area contributed by atoms with Crippen LogP contribution in [0, 0.1) is 5.41 Å². The number of hydrogen-bond donors (Lipinski definition) is 0. The maximum atomic E-state index is 4.27. The molecule has 1 aliphatic carbocycles. The molecule has 3 aromatic rings. The molecule has 4 rings (SSSR count). The lowest BCUT2D eigenvalue weighted by Gasteiger charge is -2.27. The Hall–Kier alpha value is -3.39. The van der Waals surface area contributed by atoms with Gasteiger partial charge < -0.3 is 4.90 Å². The van der Waals surface area contributed by atoms with Gasteiger partial charge in [-0.2, -0.15) is 0 Å². The summed E-state index contributed by atoms with van der Waals surface area (Å²) in [4.78, 5) is 6.56. The first kappa shape index (κ1) is 18.0. The number of hydrogen-bond acceptors (Lipinski definition) is 2. The van der Waals surface area contributed by atoms with E-state index < -0.39 is 0 Å². The number of allylic oxidation sites excluding steroid dienone is 5. The Labute approximate surface area is 167 Å². The number of rotatable bonds is 4. The van der Waals surface area contributed by atoms with Crippen molar-refractivity contribution in [2.75, 3.05) is 4.90 Å². The summed E-state index contributed by atoms with van der Waals surface area (Å²) in [6.45, 7) is 4.43. The molecule has 0 saturated heterocycles. The van der Waals surface area contributed by atoms with Gasteiger partial charge >= 0.3 is 0 Å². The second-order valence-electron chi connectivity index (χ2n) is 7.57. The van der Waals surface area contributed by atoms with Crippen LogP contribution in [0.3, 0.4) is 0 Å². The summed E-state index contributed by atoms with van der Waals surface area (Å²) < 4.78 is 0. The Bertz CT molecular complexity index is 1030. The lowest BCUT2D eigenvalue weighted by Crippen LogP contribution is -2.15. The summed E-state index contributed by atoms with van der Waals surface area (Å²) in [5.41, 5.74) is 5.70. The Morgan fingerprint density at radius 1 is 0.786 bits per heavy atom. The molecule has 0 spiro atoms. The molecule has 0 amide bonds. The van der Waals surface area contributed by atoms with Crippen LogP contribution in [0.4, 0.5) is 11.4 Å².